The molecule has 1 aliphatic heterocycles. The number of nitrogens with one attached hydrogen (secondary N) is 2. The summed E-state index contributed by atoms with van der Waals surface area (Å²) in [5, 5.41) is 2.86. The number of hydrogen-bond acceptors (Lipinski definition) is 2. The van der Waals surface area contributed by atoms with Crippen molar-refractivity contribution in [2.24, 2.45) is 0 Å². The smallest absolute Gasteiger partial charge is 0.271 e. The maximum absolute atomic E-state index is 11.9. The van der Waals surface area contributed by atoms with Gasteiger partial charge in [0.15, 0.2) is 0 Å². The second-order valence-corrected chi connectivity index (χ2v) is 5.07. The van der Waals surface area contributed by atoms with E-state index in [2.05, 4.69) is 41.3 Å². The topological polar surface area (TPSA) is 57.8 Å². The molecule has 2 heterocycles. The highest BCUT2D eigenvalue weighted by Gasteiger charge is 2.20. The molecule has 0 saturated heterocycles. The number of nitrogens with zero attached hydrogens (tertiary/aromatic N) is 1. The van der Waals surface area contributed by atoms with E-state index < -0.39 is 0 Å². The first-order chi connectivity index (χ1) is 9.15. The lowest BCUT2D eigenvalue weighted by molar-refractivity contribution is 0.0951. The highest BCUT2D eigenvalue weighted by atomic mass is 16.1. The molecule has 3 rings (SSSR count). The second kappa shape index (κ2) is 4.53. The monoisotopic (exact) mass is 255 g/mol. The predicted octanol–water partition coefficient (Wildman–Crippen LogP) is 2.37. The summed E-state index contributed by atoms with van der Waals surface area (Å²) in [6.07, 6.45) is 1.82. The average Bonchev–Trinajstić information content (AvgIpc) is 2.75. The number of aryl methyl sites for hydroxylation is 3. The summed E-state index contributed by atoms with van der Waals surface area (Å²) >= 11 is 0. The first-order valence-electron chi connectivity index (χ1n) is 6.60. The Balaban J connectivity index is 2.04. The van der Waals surface area contributed by atoms with Gasteiger partial charge < -0.3 is 10.3 Å². The summed E-state index contributed by atoms with van der Waals surface area (Å²) in [5.74, 6) is 0.712. The number of rotatable bonds is 1. The van der Waals surface area contributed by atoms with E-state index in [9.17, 15) is 4.79 Å². The van der Waals surface area contributed by atoms with E-state index in [1.54, 1.807) is 0 Å². The molecule has 98 valence electrons. The van der Waals surface area contributed by atoms with Crippen LogP contribution in [-0.4, -0.2) is 22.4 Å². The van der Waals surface area contributed by atoms with Crippen LogP contribution in [0.3, 0.4) is 0 Å². The van der Waals surface area contributed by atoms with Gasteiger partial charge in [-0.2, -0.15) is 0 Å². The van der Waals surface area contributed by atoms with Crippen molar-refractivity contribution in [3.05, 3.63) is 40.7 Å². The van der Waals surface area contributed by atoms with Crippen molar-refractivity contribution in [3.8, 4) is 11.4 Å². The molecule has 0 unspecified atom stereocenters. The van der Waals surface area contributed by atoms with Crippen molar-refractivity contribution in [2.75, 3.05) is 6.54 Å². The number of amides is 1. The summed E-state index contributed by atoms with van der Waals surface area (Å²) in [5.41, 5.74) is 5.01. The Kier molecular flexibility index (Phi) is 2.85. The lowest BCUT2D eigenvalue weighted by Crippen LogP contribution is -2.23. The minimum Gasteiger partial charge on any atom is -0.351 e. The molecule has 4 nitrogen and oxygen atoms in total. The van der Waals surface area contributed by atoms with Crippen molar-refractivity contribution in [2.45, 2.75) is 26.7 Å². The number of imidazole rings is 1. The zero-order chi connectivity index (χ0) is 13.4. The minimum atomic E-state index is -0.0705. The van der Waals surface area contributed by atoms with Gasteiger partial charge >= 0.3 is 0 Å². The van der Waals surface area contributed by atoms with Gasteiger partial charge in [-0.1, -0.05) is 12.1 Å². The molecule has 19 heavy (non-hydrogen) atoms. The zero-order valence-electron chi connectivity index (χ0n) is 11.2. The third-order valence-electron chi connectivity index (χ3n) is 3.66. The molecule has 4 heteroatoms. The maximum Gasteiger partial charge on any atom is 0.271 e. The molecule has 0 saturated carbocycles. The minimum absolute atomic E-state index is 0.0705. The third-order valence-corrected chi connectivity index (χ3v) is 3.66. The molecule has 0 aliphatic carbocycles. The molecule has 2 N–H and O–H groups in total. The standard InChI is InChI=1S/C15H17N3O/c1-9-5-6-11(8-10(9)2)14-17-12-4-3-7-16-15(19)13(12)18-14/h5-6,8H,3-4,7H2,1-2H3,(H,16,19)(H,17,18). The summed E-state index contributed by atoms with van der Waals surface area (Å²) in [4.78, 5) is 19.6. The number of aromatic amines is 1. The Morgan fingerprint density at radius 1 is 1.21 bits per heavy atom. The molecule has 1 aromatic carbocycles. The predicted molar refractivity (Wildman–Crippen MR) is 74.2 cm³/mol. The molecule has 0 radical (unpaired) electrons. The molecule has 2 aromatic rings. The molecule has 0 spiro atoms. The number of aromatic nitrogens is 2. The quantitative estimate of drug-likeness (QED) is 0.822. The summed E-state index contributed by atoms with van der Waals surface area (Å²) in [6, 6.07) is 6.22. The van der Waals surface area contributed by atoms with Gasteiger partial charge in [0.25, 0.3) is 5.91 Å². The lowest BCUT2D eigenvalue weighted by Gasteiger charge is -2.02. The molecule has 1 aromatic heterocycles. The first kappa shape index (κ1) is 12.0. The number of carbonyl (C=O) groups excluding carboxylic acids is 1. The van der Waals surface area contributed by atoms with Gasteiger partial charge in [0.05, 0.1) is 0 Å². The van der Waals surface area contributed by atoms with Crippen LogP contribution in [-0.2, 0) is 6.42 Å². The Hall–Kier alpha value is -2.10. The van der Waals surface area contributed by atoms with E-state index in [-0.39, 0.29) is 5.91 Å². The van der Waals surface area contributed by atoms with Crippen LogP contribution >= 0.6 is 0 Å². The van der Waals surface area contributed by atoms with Crippen molar-refractivity contribution in [1.29, 1.82) is 0 Å². The fourth-order valence-corrected chi connectivity index (χ4v) is 2.35. The second-order valence-electron chi connectivity index (χ2n) is 5.07. The van der Waals surface area contributed by atoms with Gasteiger partial charge in [-0.25, -0.2) is 4.98 Å². The summed E-state index contributed by atoms with van der Waals surface area (Å²) < 4.78 is 0. The van der Waals surface area contributed by atoms with Crippen LogP contribution in [0, 0.1) is 13.8 Å². The molecule has 1 aliphatic rings. The zero-order valence-corrected chi connectivity index (χ0v) is 11.2. The summed E-state index contributed by atoms with van der Waals surface area (Å²) in [7, 11) is 0. The highest BCUT2D eigenvalue weighted by molar-refractivity contribution is 5.94. The molecule has 0 atom stereocenters. The normalized spacial score (nSPS) is 14.7. The van der Waals surface area contributed by atoms with Gasteiger partial charge in [0.2, 0.25) is 0 Å². The SMILES string of the molecule is Cc1ccc(-c2nc3c([nH]2)CCCNC3=O)cc1C. The van der Waals surface area contributed by atoms with Crippen molar-refractivity contribution >= 4 is 5.91 Å². The molecular formula is C15H17N3O. The molecule has 1 amide bonds. The van der Waals surface area contributed by atoms with Gasteiger partial charge in [-0.05, 0) is 43.9 Å². The largest absolute Gasteiger partial charge is 0.351 e. The van der Waals surface area contributed by atoms with Crippen LogP contribution in [0.25, 0.3) is 11.4 Å². The fraction of sp³-hybridized carbons (Fsp3) is 0.333. The number of fused-ring (bicyclic) bond motifs is 1. The van der Waals surface area contributed by atoms with Crippen LogP contribution in [0.1, 0.15) is 33.7 Å². The Morgan fingerprint density at radius 2 is 2.05 bits per heavy atom. The first-order valence-corrected chi connectivity index (χ1v) is 6.60. The Labute approximate surface area is 112 Å². The Morgan fingerprint density at radius 3 is 2.84 bits per heavy atom. The molecule has 0 fully saturated rings. The highest BCUT2D eigenvalue weighted by Crippen LogP contribution is 2.22. The van der Waals surface area contributed by atoms with Crippen LogP contribution < -0.4 is 5.32 Å². The van der Waals surface area contributed by atoms with Gasteiger partial charge in [-0.15, -0.1) is 0 Å². The third kappa shape index (κ3) is 2.14. The van der Waals surface area contributed by atoms with Crippen molar-refractivity contribution in [3.63, 3.8) is 0 Å². The van der Waals surface area contributed by atoms with E-state index in [1.165, 1.54) is 11.1 Å². The van der Waals surface area contributed by atoms with Gasteiger partial charge in [-0.3, -0.25) is 4.79 Å². The van der Waals surface area contributed by atoms with Crippen LogP contribution in [0.4, 0.5) is 0 Å². The molecule has 0 bridgehead atoms. The van der Waals surface area contributed by atoms with E-state index in [1.807, 2.05) is 6.07 Å². The molecular weight excluding hydrogens is 238 g/mol. The number of H-pyrrole nitrogens is 1. The van der Waals surface area contributed by atoms with Crippen LogP contribution in [0.15, 0.2) is 18.2 Å². The van der Waals surface area contributed by atoms with Gasteiger partial charge in [0, 0.05) is 17.8 Å². The van der Waals surface area contributed by atoms with Crippen LogP contribution in [0.2, 0.25) is 0 Å². The van der Waals surface area contributed by atoms with E-state index in [0.717, 1.165) is 36.5 Å². The maximum atomic E-state index is 11.9. The summed E-state index contributed by atoms with van der Waals surface area (Å²) in [6.45, 7) is 4.89. The van der Waals surface area contributed by atoms with Crippen LogP contribution in [0.5, 0.6) is 0 Å². The average molecular weight is 255 g/mol. The van der Waals surface area contributed by atoms with Crippen molar-refractivity contribution in [1.82, 2.24) is 15.3 Å². The van der Waals surface area contributed by atoms with E-state index >= 15 is 0 Å². The fourth-order valence-electron chi connectivity index (χ4n) is 2.35. The van der Waals surface area contributed by atoms with E-state index in [4.69, 9.17) is 0 Å². The number of carbonyl (C=O) groups is 1. The number of benzene rings is 1. The lowest BCUT2D eigenvalue weighted by atomic mass is 10.1. The van der Waals surface area contributed by atoms with Crippen molar-refractivity contribution < 1.29 is 4.79 Å². The Bertz CT molecular complexity index is 643. The van der Waals surface area contributed by atoms with Gasteiger partial charge in [0.1, 0.15) is 11.5 Å². The van der Waals surface area contributed by atoms with E-state index in [0.29, 0.717) is 5.69 Å². The number of hydrogen-bond donors (Lipinski definition) is 2.